The molecule has 1 atom stereocenters. The zero-order valence-corrected chi connectivity index (χ0v) is 17.9. The van der Waals surface area contributed by atoms with Crippen molar-refractivity contribution in [2.75, 3.05) is 6.54 Å². The summed E-state index contributed by atoms with van der Waals surface area (Å²) in [6, 6.07) is 5.02. The van der Waals surface area contributed by atoms with Crippen molar-refractivity contribution in [1.82, 2.24) is 14.9 Å². The summed E-state index contributed by atoms with van der Waals surface area (Å²) < 4.78 is 16.7. The number of ketones is 1. The SMILES string of the molecule is Cc1nc(C)c(C(=O)C2=C(O)C(=O)N(CCC[n+]3cc[nH]c3)C2c2ccccc2F)s1. The summed E-state index contributed by atoms with van der Waals surface area (Å²) in [5.74, 6) is -2.33. The fraction of sp³-hybridized carbons (Fsp3) is 0.273. The van der Waals surface area contributed by atoms with Crippen LogP contribution in [0.15, 0.2) is 54.3 Å². The zero-order chi connectivity index (χ0) is 22.1. The normalized spacial score (nSPS) is 16.4. The number of H-pyrrole nitrogens is 1. The Kier molecular flexibility index (Phi) is 5.69. The minimum atomic E-state index is -1.00. The second-order valence-corrected chi connectivity index (χ2v) is 8.57. The number of carbonyl (C=O) groups excluding carboxylic acids is 2. The van der Waals surface area contributed by atoms with Crippen LogP contribution in [-0.2, 0) is 11.3 Å². The summed E-state index contributed by atoms with van der Waals surface area (Å²) in [4.78, 5) is 35.3. The molecule has 0 spiro atoms. The number of nitrogens with one attached hydrogen (secondary N) is 1. The van der Waals surface area contributed by atoms with E-state index in [-0.39, 0.29) is 17.7 Å². The highest BCUT2D eigenvalue weighted by Crippen LogP contribution is 2.40. The van der Waals surface area contributed by atoms with Crippen molar-refractivity contribution in [2.24, 2.45) is 0 Å². The second-order valence-electron chi connectivity index (χ2n) is 7.36. The molecule has 0 bridgehead atoms. The lowest BCUT2D eigenvalue weighted by Gasteiger charge is -2.26. The van der Waals surface area contributed by atoms with E-state index in [0.717, 1.165) is 0 Å². The van der Waals surface area contributed by atoms with Crippen LogP contribution in [-0.4, -0.2) is 38.2 Å². The number of imidazole rings is 1. The van der Waals surface area contributed by atoms with Crippen molar-refractivity contribution in [3.8, 4) is 0 Å². The van der Waals surface area contributed by atoms with E-state index in [0.29, 0.717) is 28.5 Å². The van der Waals surface area contributed by atoms with Gasteiger partial charge in [0.25, 0.3) is 5.91 Å². The number of carbonyl (C=O) groups is 2. The Morgan fingerprint density at radius 3 is 2.77 bits per heavy atom. The van der Waals surface area contributed by atoms with Crippen LogP contribution < -0.4 is 4.57 Å². The first-order valence-electron chi connectivity index (χ1n) is 9.87. The highest BCUT2D eigenvalue weighted by atomic mass is 32.1. The van der Waals surface area contributed by atoms with Crippen molar-refractivity contribution in [3.05, 3.63) is 81.3 Å². The molecule has 4 rings (SSSR count). The summed E-state index contributed by atoms with van der Waals surface area (Å²) in [5, 5.41) is 11.4. The number of thiazole rings is 1. The van der Waals surface area contributed by atoms with Crippen molar-refractivity contribution >= 4 is 23.0 Å². The van der Waals surface area contributed by atoms with Gasteiger partial charge < -0.3 is 10.0 Å². The zero-order valence-electron chi connectivity index (χ0n) is 17.1. The third-order valence-electron chi connectivity index (χ3n) is 5.28. The molecule has 1 amide bonds. The van der Waals surface area contributed by atoms with Gasteiger partial charge in [0.1, 0.15) is 18.2 Å². The van der Waals surface area contributed by atoms with Crippen LogP contribution >= 0.6 is 11.3 Å². The number of Topliss-reactive ketones (excluding diaryl/α,β-unsaturated/α-hetero) is 1. The van der Waals surface area contributed by atoms with Crippen molar-refractivity contribution in [3.63, 3.8) is 0 Å². The third-order valence-corrected chi connectivity index (χ3v) is 6.35. The monoisotopic (exact) mass is 441 g/mol. The van der Waals surface area contributed by atoms with Crippen molar-refractivity contribution in [2.45, 2.75) is 32.9 Å². The number of hydrogen-bond donors (Lipinski definition) is 2. The van der Waals surface area contributed by atoms with Crippen LogP contribution in [0.25, 0.3) is 0 Å². The summed E-state index contributed by atoms with van der Waals surface area (Å²) in [6.45, 7) is 4.35. The number of halogens is 1. The number of aliphatic hydroxyl groups is 1. The highest BCUT2D eigenvalue weighted by Gasteiger charge is 2.45. The maximum Gasteiger partial charge on any atom is 0.290 e. The summed E-state index contributed by atoms with van der Waals surface area (Å²) in [6.07, 6.45) is 6.00. The molecule has 0 fully saturated rings. The highest BCUT2D eigenvalue weighted by molar-refractivity contribution is 7.14. The van der Waals surface area contributed by atoms with Gasteiger partial charge in [-0.25, -0.2) is 13.9 Å². The molecule has 1 aromatic carbocycles. The number of aromatic nitrogens is 3. The Morgan fingerprint density at radius 1 is 1.35 bits per heavy atom. The van der Waals surface area contributed by atoms with E-state index in [4.69, 9.17) is 0 Å². The first-order valence-corrected chi connectivity index (χ1v) is 10.7. The molecule has 160 valence electrons. The summed E-state index contributed by atoms with van der Waals surface area (Å²) in [5.41, 5.74) is 0.599. The fourth-order valence-electron chi connectivity index (χ4n) is 3.88. The van der Waals surface area contributed by atoms with E-state index >= 15 is 0 Å². The Balaban J connectivity index is 1.71. The van der Waals surface area contributed by atoms with Crippen LogP contribution in [0.1, 0.15) is 38.4 Å². The molecule has 3 aromatic rings. The molecule has 0 radical (unpaired) electrons. The van der Waals surface area contributed by atoms with Gasteiger partial charge >= 0.3 is 0 Å². The number of aromatic amines is 1. The maximum absolute atomic E-state index is 14.8. The average molecular weight is 442 g/mol. The minimum Gasteiger partial charge on any atom is -0.503 e. The van der Waals surface area contributed by atoms with E-state index in [1.165, 1.54) is 28.4 Å². The topological polar surface area (TPSA) is 90.2 Å². The Bertz CT molecular complexity index is 1170. The predicted octanol–water partition coefficient (Wildman–Crippen LogP) is 3.18. The largest absolute Gasteiger partial charge is 0.503 e. The molecule has 1 aliphatic rings. The Morgan fingerprint density at radius 2 is 2.13 bits per heavy atom. The third kappa shape index (κ3) is 3.88. The first kappa shape index (κ1) is 20.9. The van der Waals surface area contributed by atoms with Crippen molar-refractivity contribution < 1.29 is 23.7 Å². The van der Waals surface area contributed by atoms with Crippen LogP contribution in [0.4, 0.5) is 4.39 Å². The molecule has 0 saturated heterocycles. The lowest BCUT2D eigenvalue weighted by Crippen LogP contribution is -2.36. The number of rotatable bonds is 7. The number of nitrogens with zero attached hydrogens (tertiary/aromatic N) is 3. The predicted molar refractivity (Wildman–Crippen MR) is 112 cm³/mol. The van der Waals surface area contributed by atoms with Gasteiger partial charge in [0.2, 0.25) is 12.1 Å². The van der Waals surface area contributed by atoms with E-state index in [1.807, 2.05) is 10.8 Å². The summed E-state index contributed by atoms with van der Waals surface area (Å²) in [7, 11) is 0. The maximum atomic E-state index is 14.8. The molecular formula is C22H22FN4O3S+. The Hall–Kier alpha value is -3.33. The molecule has 0 saturated carbocycles. The van der Waals surface area contributed by atoms with Crippen LogP contribution in [0, 0.1) is 19.7 Å². The van der Waals surface area contributed by atoms with Gasteiger partial charge in [0, 0.05) is 18.5 Å². The van der Waals surface area contributed by atoms with Crippen molar-refractivity contribution in [1.29, 1.82) is 0 Å². The van der Waals surface area contributed by atoms with E-state index in [9.17, 15) is 19.1 Å². The lowest BCUT2D eigenvalue weighted by molar-refractivity contribution is -0.695. The molecule has 1 aliphatic heterocycles. The van der Waals surface area contributed by atoms with Gasteiger partial charge in [-0.3, -0.25) is 14.6 Å². The molecule has 3 heterocycles. The molecule has 2 aromatic heterocycles. The van der Waals surface area contributed by atoms with Gasteiger partial charge in [-0.05, 0) is 19.9 Å². The standard InChI is InChI=1S/C22H21FN4O3S/c1-13-21(31-14(2)25-13)19(28)17-18(15-6-3-4-7-16(15)23)27(22(30)20(17)29)10-5-9-26-11-8-24-12-26/h3-4,6-8,11-12,18H,5,9-10H2,1-2H3,(H,28,29)/p+1. The molecule has 1 unspecified atom stereocenters. The van der Waals surface area contributed by atoms with E-state index in [2.05, 4.69) is 9.97 Å². The second kappa shape index (κ2) is 8.43. The Labute approximate surface area is 182 Å². The van der Waals surface area contributed by atoms with Crippen LogP contribution in [0.3, 0.4) is 0 Å². The quantitative estimate of drug-likeness (QED) is 0.435. The fourth-order valence-corrected chi connectivity index (χ4v) is 4.76. The number of benzene rings is 1. The lowest BCUT2D eigenvalue weighted by atomic mass is 9.94. The molecule has 9 heteroatoms. The average Bonchev–Trinajstić information content (AvgIpc) is 3.43. The van der Waals surface area contributed by atoms with Gasteiger partial charge in [-0.2, -0.15) is 0 Å². The van der Waals surface area contributed by atoms with E-state index in [1.54, 1.807) is 38.5 Å². The van der Waals surface area contributed by atoms with Gasteiger partial charge in [0.15, 0.2) is 5.76 Å². The van der Waals surface area contributed by atoms with Gasteiger partial charge in [-0.1, -0.05) is 18.2 Å². The number of aryl methyl sites for hydroxylation is 3. The number of amides is 1. The molecule has 2 N–H and O–H groups in total. The number of hydrogen-bond acceptors (Lipinski definition) is 5. The van der Waals surface area contributed by atoms with Crippen LogP contribution in [0.2, 0.25) is 0 Å². The molecular weight excluding hydrogens is 419 g/mol. The smallest absolute Gasteiger partial charge is 0.290 e. The minimum absolute atomic E-state index is 0.101. The molecule has 7 nitrogen and oxygen atoms in total. The van der Waals surface area contributed by atoms with Crippen LogP contribution in [0.5, 0.6) is 0 Å². The van der Waals surface area contributed by atoms with E-state index < -0.39 is 29.3 Å². The molecule has 0 aliphatic carbocycles. The first-order chi connectivity index (χ1) is 14.9. The summed E-state index contributed by atoms with van der Waals surface area (Å²) >= 11 is 1.20. The van der Waals surface area contributed by atoms with Gasteiger partial charge in [-0.15, -0.1) is 11.3 Å². The van der Waals surface area contributed by atoms with Gasteiger partial charge in [0.05, 0.1) is 33.7 Å². The number of aliphatic hydroxyl groups excluding tert-OH is 1. The molecule has 31 heavy (non-hydrogen) atoms.